The summed E-state index contributed by atoms with van der Waals surface area (Å²) in [6.45, 7) is 3.84. The third-order valence-corrected chi connectivity index (χ3v) is 5.34. The van der Waals surface area contributed by atoms with Crippen molar-refractivity contribution in [3.63, 3.8) is 0 Å². The number of carbonyl (C=O) groups excluding carboxylic acids is 1. The zero-order chi connectivity index (χ0) is 18.7. The zero-order valence-corrected chi connectivity index (χ0v) is 15.2. The highest BCUT2D eigenvalue weighted by atomic mass is 16.7. The second-order valence-electron chi connectivity index (χ2n) is 7.06. The highest BCUT2D eigenvalue weighted by molar-refractivity contribution is 6.10. The number of likely N-dealkylation sites (tertiary alicyclic amines) is 1. The standard InChI is InChI=1S/C22H22N2O3/c23-15-17-4-3-6-18(14-17)21(25)20-7-2-1-5-19(20)16-24-10-8-22(9-11-24)26-12-13-27-22/h1-7,14H,8-13,16H2. The van der Waals surface area contributed by atoms with E-state index >= 15 is 0 Å². The number of ether oxygens (including phenoxy) is 2. The van der Waals surface area contributed by atoms with Crippen LogP contribution in [0.3, 0.4) is 0 Å². The molecule has 0 radical (unpaired) electrons. The molecule has 0 N–H and O–H groups in total. The Morgan fingerprint density at radius 2 is 1.81 bits per heavy atom. The Balaban J connectivity index is 1.50. The largest absolute Gasteiger partial charge is 0.347 e. The van der Waals surface area contributed by atoms with E-state index in [0.717, 1.165) is 38.0 Å². The van der Waals surface area contributed by atoms with Crippen LogP contribution in [0.5, 0.6) is 0 Å². The van der Waals surface area contributed by atoms with Crippen molar-refractivity contribution < 1.29 is 14.3 Å². The van der Waals surface area contributed by atoms with Crippen molar-refractivity contribution in [2.24, 2.45) is 0 Å². The van der Waals surface area contributed by atoms with E-state index < -0.39 is 0 Å². The molecule has 0 aromatic heterocycles. The number of rotatable bonds is 4. The number of nitriles is 1. The van der Waals surface area contributed by atoms with Crippen LogP contribution in [0.1, 0.15) is 39.9 Å². The number of benzene rings is 2. The SMILES string of the molecule is N#Cc1cccc(C(=O)c2ccccc2CN2CCC3(CC2)OCCO3)c1. The number of ketones is 1. The van der Waals surface area contributed by atoms with Gasteiger partial charge >= 0.3 is 0 Å². The van der Waals surface area contributed by atoms with E-state index in [2.05, 4.69) is 11.0 Å². The highest BCUT2D eigenvalue weighted by Crippen LogP contribution is 2.32. The fraction of sp³-hybridized carbons (Fsp3) is 0.364. The maximum atomic E-state index is 13.0. The van der Waals surface area contributed by atoms with E-state index in [0.29, 0.717) is 29.9 Å². The molecule has 1 spiro atoms. The van der Waals surface area contributed by atoms with Gasteiger partial charge in [-0.15, -0.1) is 0 Å². The molecule has 0 bridgehead atoms. The fourth-order valence-electron chi connectivity index (χ4n) is 3.84. The van der Waals surface area contributed by atoms with Crippen LogP contribution in [0, 0.1) is 11.3 Å². The molecule has 27 heavy (non-hydrogen) atoms. The lowest BCUT2D eigenvalue weighted by atomic mass is 9.96. The van der Waals surface area contributed by atoms with Crippen LogP contribution in [-0.2, 0) is 16.0 Å². The molecule has 138 valence electrons. The number of nitrogens with zero attached hydrogens (tertiary/aromatic N) is 2. The first kappa shape index (κ1) is 17.9. The topological polar surface area (TPSA) is 62.6 Å². The average molecular weight is 362 g/mol. The summed E-state index contributed by atoms with van der Waals surface area (Å²) in [7, 11) is 0. The summed E-state index contributed by atoms with van der Waals surface area (Å²) in [4.78, 5) is 15.4. The number of piperidine rings is 1. The molecule has 2 aromatic rings. The van der Waals surface area contributed by atoms with Crippen LogP contribution < -0.4 is 0 Å². The molecule has 2 fully saturated rings. The minimum atomic E-state index is -0.385. The van der Waals surface area contributed by atoms with Crippen LogP contribution in [0.2, 0.25) is 0 Å². The van der Waals surface area contributed by atoms with Crippen molar-refractivity contribution in [3.05, 3.63) is 70.8 Å². The molecule has 0 unspecified atom stereocenters. The van der Waals surface area contributed by atoms with Crippen LogP contribution in [0.15, 0.2) is 48.5 Å². The predicted molar refractivity (Wildman–Crippen MR) is 100 cm³/mol. The first-order valence-electron chi connectivity index (χ1n) is 9.32. The normalized spacial score (nSPS) is 19.1. The second-order valence-corrected chi connectivity index (χ2v) is 7.06. The lowest BCUT2D eigenvalue weighted by Crippen LogP contribution is -2.44. The van der Waals surface area contributed by atoms with E-state index in [1.54, 1.807) is 24.3 Å². The summed E-state index contributed by atoms with van der Waals surface area (Å²) in [5.41, 5.74) is 2.75. The van der Waals surface area contributed by atoms with E-state index in [-0.39, 0.29) is 11.6 Å². The first-order chi connectivity index (χ1) is 13.2. The molecule has 4 rings (SSSR count). The highest BCUT2D eigenvalue weighted by Gasteiger charge is 2.39. The minimum absolute atomic E-state index is 0.0429. The van der Waals surface area contributed by atoms with Crippen molar-refractivity contribution in [1.29, 1.82) is 5.26 Å². The molecule has 2 aromatic carbocycles. The Hall–Kier alpha value is -2.52. The number of hydrogen-bond donors (Lipinski definition) is 0. The van der Waals surface area contributed by atoms with E-state index in [1.807, 2.05) is 24.3 Å². The lowest BCUT2D eigenvalue weighted by molar-refractivity contribution is -0.185. The molecule has 0 amide bonds. The Kier molecular flexibility index (Phi) is 5.04. The Bertz CT molecular complexity index is 871. The van der Waals surface area contributed by atoms with E-state index in [1.165, 1.54) is 0 Å². The van der Waals surface area contributed by atoms with Gasteiger partial charge in [-0.3, -0.25) is 9.69 Å². The van der Waals surface area contributed by atoms with Gasteiger partial charge in [0.15, 0.2) is 11.6 Å². The molecule has 0 saturated carbocycles. The third kappa shape index (κ3) is 3.79. The molecule has 2 aliphatic rings. The summed E-state index contributed by atoms with van der Waals surface area (Å²) in [5, 5.41) is 9.08. The molecule has 2 heterocycles. The van der Waals surface area contributed by atoms with E-state index in [9.17, 15) is 4.79 Å². The Labute approximate surface area is 159 Å². The van der Waals surface area contributed by atoms with Crippen LogP contribution >= 0.6 is 0 Å². The van der Waals surface area contributed by atoms with Crippen molar-refractivity contribution >= 4 is 5.78 Å². The summed E-state index contributed by atoms with van der Waals surface area (Å²) in [6.07, 6.45) is 1.71. The minimum Gasteiger partial charge on any atom is -0.347 e. The second kappa shape index (κ2) is 7.61. The monoisotopic (exact) mass is 362 g/mol. The van der Waals surface area contributed by atoms with Gasteiger partial charge < -0.3 is 9.47 Å². The predicted octanol–water partition coefficient (Wildman–Crippen LogP) is 3.13. The van der Waals surface area contributed by atoms with Crippen molar-refractivity contribution in [1.82, 2.24) is 4.90 Å². The van der Waals surface area contributed by atoms with Gasteiger partial charge in [0.1, 0.15) is 0 Å². The molecule has 5 heteroatoms. The van der Waals surface area contributed by atoms with Gasteiger partial charge in [0.2, 0.25) is 0 Å². The Morgan fingerprint density at radius 3 is 2.56 bits per heavy atom. The molecule has 5 nitrogen and oxygen atoms in total. The van der Waals surface area contributed by atoms with Gasteiger partial charge in [0.05, 0.1) is 24.8 Å². The maximum Gasteiger partial charge on any atom is 0.193 e. The summed E-state index contributed by atoms with van der Waals surface area (Å²) >= 11 is 0. The zero-order valence-electron chi connectivity index (χ0n) is 15.2. The van der Waals surface area contributed by atoms with Gasteiger partial charge in [0, 0.05) is 43.6 Å². The lowest BCUT2D eigenvalue weighted by Gasteiger charge is -2.37. The molecule has 2 aliphatic heterocycles. The molecule has 0 atom stereocenters. The van der Waals surface area contributed by atoms with Crippen molar-refractivity contribution in [3.8, 4) is 6.07 Å². The average Bonchev–Trinajstić information content (AvgIpc) is 3.18. The molecular formula is C22H22N2O3. The number of hydrogen-bond acceptors (Lipinski definition) is 5. The number of carbonyl (C=O) groups is 1. The van der Waals surface area contributed by atoms with Gasteiger partial charge in [-0.25, -0.2) is 0 Å². The summed E-state index contributed by atoms with van der Waals surface area (Å²) in [5.74, 6) is -0.428. The molecule has 0 aliphatic carbocycles. The van der Waals surface area contributed by atoms with E-state index in [4.69, 9.17) is 14.7 Å². The quantitative estimate of drug-likeness (QED) is 0.782. The summed E-state index contributed by atoms with van der Waals surface area (Å²) < 4.78 is 11.6. The van der Waals surface area contributed by atoms with Gasteiger partial charge in [-0.1, -0.05) is 36.4 Å². The van der Waals surface area contributed by atoms with Crippen LogP contribution in [-0.4, -0.2) is 42.8 Å². The molecule has 2 saturated heterocycles. The van der Waals surface area contributed by atoms with Gasteiger partial charge in [-0.2, -0.15) is 5.26 Å². The molecular weight excluding hydrogens is 340 g/mol. The summed E-state index contributed by atoms with van der Waals surface area (Å²) in [6, 6.07) is 16.7. The third-order valence-electron chi connectivity index (χ3n) is 5.34. The van der Waals surface area contributed by atoms with Gasteiger partial charge in [-0.05, 0) is 17.7 Å². The maximum absolute atomic E-state index is 13.0. The smallest absolute Gasteiger partial charge is 0.193 e. The Morgan fingerprint density at radius 1 is 1.07 bits per heavy atom. The van der Waals surface area contributed by atoms with Gasteiger partial charge in [0.25, 0.3) is 0 Å². The van der Waals surface area contributed by atoms with Crippen molar-refractivity contribution in [2.45, 2.75) is 25.2 Å². The van der Waals surface area contributed by atoms with Crippen molar-refractivity contribution in [2.75, 3.05) is 26.3 Å². The van der Waals surface area contributed by atoms with Crippen LogP contribution in [0.4, 0.5) is 0 Å². The van der Waals surface area contributed by atoms with Crippen LogP contribution in [0.25, 0.3) is 0 Å². The fourth-order valence-corrected chi connectivity index (χ4v) is 3.84. The first-order valence-corrected chi connectivity index (χ1v) is 9.32.